The van der Waals surface area contributed by atoms with Gasteiger partial charge in [-0.15, -0.1) is 0 Å². The molecule has 0 unspecified atom stereocenters. The third-order valence-corrected chi connectivity index (χ3v) is 8.35. The maximum Gasteiger partial charge on any atom is 0.297 e. The van der Waals surface area contributed by atoms with Crippen molar-refractivity contribution in [2.24, 2.45) is 5.92 Å². The largest absolute Gasteiger partial charge is 0.297 e. The molecule has 118 valence electrons. The summed E-state index contributed by atoms with van der Waals surface area (Å²) in [5, 5.41) is 0. The van der Waals surface area contributed by atoms with Gasteiger partial charge in [0, 0.05) is 11.8 Å². The summed E-state index contributed by atoms with van der Waals surface area (Å²) in [4.78, 5) is 0.577. The summed E-state index contributed by atoms with van der Waals surface area (Å²) in [6.07, 6.45) is 2.76. The Balaban J connectivity index is 1.89. The Bertz CT molecular complexity index is 839. The normalized spacial score (nSPS) is 42.7. The van der Waals surface area contributed by atoms with E-state index in [0.717, 1.165) is 30.4 Å². The van der Waals surface area contributed by atoms with Gasteiger partial charge in [0.05, 0.1) is 6.10 Å². The van der Waals surface area contributed by atoms with Gasteiger partial charge in [0.2, 0.25) is 0 Å². The van der Waals surface area contributed by atoms with Gasteiger partial charge in [-0.25, -0.2) is 0 Å². The van der Waals surface area contributed by atoms with E-state index < -0.39 is 10.1 Å². The first kappa shape index (κ1) is 13.6. The van der Waals surface area contributed by atoms with E-state index >= 15 is 0 Å². The molecule has 4 heteroatoms. The van der Waals surface area contributed by atoms with E-state index in [4.69, 9.17) is 4.18 Å². The smallest absolute Gasteiger partial charge is 0.263 e. The molecular weight excluding hydrogens is 296 g/mol. The predicted molar refractivity (Wildman–Crippen MR) is 83.9 cm³/mol. The van der Waals surface area contributed by atoms with E-state index in [1.54, 1.807) is 0 Å². The molecule has 22 heavy (non-hydrogen) atoms. The molecule has 1 spiro atoms. The molecule has 0 bridgehead atoms. The van der Waals surface area contributed by atoms with Crippen LogP contribution in [0.15, 0.2) is 4.90 Å². The van der Waals surface area contributed by atoms with Gasteiger partial charge in [-0.05, 0) is 65.3 Å². The van der Waals surface area contributed by atoms with Gasteiger partial charge >= 0.3 is 0 Å². The zero-order valence-electron chi connectivity index (χ0n) is 13.6. The minimum absolute atomic E-state index is 0.129. The highest BCUT2D eigenvalue weighted by Crippen LogP contribution is 2.73. The molecule has 3 aliphatic carbocycles. The number of fused-ring (bicyclic) bond motifs is 7. The molecule has 3 nitrogen and oxygen atoms in total. The van der Waals surface area contributed by atoms with Gasteiger partial charge in [-0.3, -0.25) is 4.18 Å². The summed E-state index contributed by atoms with van der Waals surface area (Å²) < 4.78 is 31.0. The van der Waals surface area contributed by atoms with Gasteiger partial charge in [-0.1, -0.05) is 20.8 Å². The van der Waals surface area contributed by atoms with Crippen molar-refractivity contribution < 1.29 is 12.6 Å². The SMILES string of the molecule is C[C@@H]1Cc2c3c(c4c(c2S(=O)(=O)O1)[C@]1(C[C@@H]1C)[C@H]4C)C[C@@H]3C. The van der Waals surface area contributed by atoms with E-state index in [0.29, 0.717) is 22.6 Å². The van der Waals surface area contributed by atoms with Crippen LogP contribution < -0.4 is 0 Å². The molecule has 4 aliphatic rings. The van der Waals surface area contributed by atoms with Crippen molar-refractivity contribution in [3.05, 3.63) is 27.8 Å². The number of hydrogen-bond donors (Lipinski definition) is 0. The lowest BCUT2D eigenvalue weighted by atomic mass is 9.57. The zero-order chi connectivity index (χ0) is 15.6. The minimum Gasteiger partial charge on any atom is -0.263 e. The van der Waals surface area contributed by atoms with Crippen LogP contribution in [0.1, 0.15) is 73.8 Å². The van der Waals surface area contributed by atoms with Crippen molar-refractivity contribution in [2.45, 2.75) is 75.2 Å². The van der Waals surface area contributed by atoms with Gasteiger partial charge in [0.1, 0.15) is 4.90 Å². The third kappa shape index (κ3) is 1.24. The van der Waals surface area contributed by atoms with Crippen LogP contribution >= 0.6 is 0 Å². The van der Waals surface area contributed by atoms with Crippen LogP contribution in [-0.4, -0.2) is 14.5 Å². The lowest BCUT2D eigenvalue weighted by molar-refractivity contribution is 0.214. The second-order valence-electron chi connectivity index (χ2n) is 8.03. The van der Waals surface area contributed by atoms with Crippen LogP contribution in [0.4, 0.5) is 0 Å². The Morgan fingerprint density at radius 1 is 1.05 bits per heavy atom. The van der Waals surface area contributed by atoms with Crippen LogP contribution in [-0.2, 0) is 32.6 Å². The van der Waals surface area contributed by atoms with E-state index in [9.17, 15) is 8.42 Å². The average molecular weight is 318 g/mol. The molecule has 0 radical (unpaired) electrons. The van der Waals surface area contributed by atoms with Crippen LogP contribution in [0.2, 0.25) is 0 Å². The number of rotatable bonds is 0. The van der Waals surface area contributed by atoms with Crippen LogP contribution in [0.3, 0.4) is 0 Å². The molecule has 0 saturated heterocycles. The molecule has 0 aromatic heterocycles. The Kier molecular flexibility index (Phi) is 2.23. The lowest BCUT2D eigenvalue weighted by Gasteiger charge is -2.49. The number of benzene rings is 1. The molecule has 1 saturated carbocycles. The molecule has 0 N–H and O–H groups in total. The summed E-state index contributed by atoms with van der Waals surface area (Å²) in [5.74, 6) is 1.61. The third-order valence-electron chi connectivity index (χ3n) is 6.82. The van der Waals surface area contributed by atoms with Crippen LogP contribution in [0.25, 0.3) is 0 Å². The molecular formula is C18H22O3S. The first-order chi connectivity index (χ1) is 10.3. The molecule has 1 fully saturated rings. The van der Waals surface area contributed by atoms with Crippen molar-refractivity contribution in [2.75, 3.05) is 0 Å². The summed E-state index contributed by atoms with van der Waals surface area (Å²) in [5.41, 5.74) is 6.55. The van der Waals surface area contributed by atoms with Crippen LogP contribution in [0.5, 0.6) is 0 Å². The van der Waals surface area contributed by atoms with Gasteiger partial charge in [0.15, 0.2) is 0 Å². The summed E-state index contributed by atoms with van der Waals surface area (Å²) >= 11 is 0. The summed E-state index contributed by atoms with van der Waals surface area (Å²) in [6.45, 7) is 8.64. The van der Waals surface area contributed by atoms with E-state index in [-0.39, 0.29) is 11.5 Å². The highest BCUT2D eigenvalue weighted by Gasteiger charge is 2.67. The molecule has 5 atom stereocenters. The first-order valence-corrected chi connectivity index (χ1v) is 9.85. The van der Waals surface area contributed by atoms with Gasteiger partial charge < -0.3 is 0 Å². The predicted octanol–water partition coefficient (Wildman–Crippen LogP) is 3.39. The van der Waals surface area contributed by atoms with E-state index in [1.807, 2.05) is 6.92 Å². The summed E-state index contributed by atoms with van der Waals surface area (Å²) in [7, 11) is -3.60. The highest BCUT2D eigenvalue weighted by molar-refractivity contribution is 7.87. The van der Waals surface area contributed by atoms with Crippen molar-refractivity contribution in [1.82, 2.24) is 0 Å². The molecule has 1 aromatic rings. The molecule has 0 amide bonds. The van der Waals surface area contributed by atoms with E-state index in [2.05, 4.69) is 20.8 Å². The fourth-order valence-corrected chi connectivity index (χ4v) is 7.41. The zero-order valence-corrected chi connectivity index (χ0v) is 14.4. The van der Waals surface area contributed by atoms with E-state index in [1.165, 1.54) is 16.7 Å². The number of hydrogen-bond acceptors (Lipinski definition) is 3. The Labute approximate surface area is 132 Å². The maximum absolute atomic E-state index is 12.8. The Morgan fingerprint density at radius 2 is 1.73 bits per heavy atom. The van der Waals surface area contributed by atoms with Crippen molar-refractivity contribution in [3.8, 4) is 0 Å². The topological polar surface area (TPSA) is 43.4 Å². The van der Waals surface area contributed by atoms with Gasteiger partial charge in [-0.2, -0.15) is 8.42 Å². The van der Waals surface area contributed by atoms with Crippen molar-refractivity contribution in [3.63, 3.8) is 0 Å². The maximum atomic E-state index is 12.8. The quantitative estimate of drug-likeness (QED) is 0.689. The van der Waals surface area contributed by atoms with Crippen LogP contribution in [0, 0.1) is 5.92 Å². The Hall–Kier alpha value is -0.870. The fraction of sp³-hybridized carbons (Fsp3) is 0.667. The van der Waals surface area contributed by atoms with Crippen molar-refractivity contribution in [1.29, 1.82) is 0 Å². The van der Waals surface area contributed by atoms with Gasteiger partial charge in [0.25, 0.3) is 10.1 Å². The summed E-state index contributed by atoms with van der Waals surface area (Å²) in [6, 6.07) is 0. The monoisotopic (exact) mass is 318 g/mol. The Morgan fingerprint density at radius 3 is 2.32 bits per heavy atom. The molecule has 1 aromatic carbocycles. The minimum atomic E-state index is -3.60. The molecule has 1 aliphatic heterocycles. The highest BCUT2D eigenvalue weighted by atomic mass is 32.2. The standard InChI is InChI=1S/C18H22O3S/c1-8-5-12-14(8)13-6-10(3)21-22(19,20)17(13)16-15(12)11(4)18(16)7-9(18)2/h8-11H,5-7H2,1-4H3/t8-,9-,10+,11-,18-/m0/s1. The second kappa shape index (κ2) is 3.62. The molecule has 5 rings (SSSR count). The first-order valence-electron chi connectivity index (χ1n) is 8.44. The average Bonchev–Trinajstić information content (AvgIpc) is 3.08. The lowest BCUT2D eigenvalue weighted by Crippen LogP contribution is -2.42. The second-order valence-corrected chi connectivity index (χ2v) is 9.54. The molecule has 1 heterocycles. The fourth-order valence-electron chi connectivity index (χ4n) is 5.77. The van der Waals surface area contributed by atoms with Crippen molar-refractivity contribution >= 4 is 10.1 Å².